The number of aryl methyl sites for hydroxylation is 1. The van der Waals surface area contributed by atoms with Crippen LogP contribution in [0.4, 0.5) is 8.78 Å². The first-order valence-corrected chi connectivity index (χ1v) is 9.56. The number of nitrogens with zero attached hydrogens (tertiary/aromatic N) is 1. The lowest BCUT2D eigenvalue weighted by Crippen LogP contribution is -2.47. The van der Waals surface area contributed by atoms with Crippen molar-refractivity contribution in [3.8, 4) is 0 Å². The maximum absolute atomic E-state index is 13.7. The summed E-state index contributed by atoms with van der Waals surface area (Å²) in [5.41, 5.74) is 2.44. The summed E-state index contributed by atoms with van der Waals surface area (Å²) in [6, 6.07) is 11.9. The smallest absolute Gasteiger partial charge is 0.191 e. The quantitative estimate of drug-likeness (QED) is 0.608. The fraction of sp³-hybridized carbons (Fsp3) is 0.409. The molecule has 3 rings (SSSR count). The van der Waals surface area contributed by atoms with E-state index in [1.165, 1.54) is 18.2 Å². The monoisotopic (exact) mass is 387 g/mol. The first-order valence-electron chi connectivity index (χ1n) is 9.56. The molecule has 0 amide bonds. The van der Waals surface area contributed by atoms with E-state index in [-0.39, 0.29) is 17.0 Å². The Kier molecular flexibility index (Phi) is 6.62. The van der Waals surface area contributed by atoms with Gasteiger partial charge in [-0.25, -0.2) is 8.78 Å². The SMILES string of the molecule is CN=C(NCc1ccc(C)c(F)c1)NCC1(c2ccc(F)cc2)CCOCC1. The minimum atomic E-state index is -0.235. The highest BCUT2D eigenvalue weighted by Crippen LogP contribution is 2.34. The van der Waals surface area contributed by atoms with Crippen molar-refractivity contribution in [1.29, 1.82) is 0 Å². The molecule has 1 aliphatic heterocycles. The Morgan fingerprint density at radius 3 is 2.43 bits per heavy atom. The number of rotatable bonds is 5. The highest BCUT2D eigenvalue weighted by Gasteiger charge is 2.34. The number of ether oxygens (including phenoxy) is 1. The van der Waals surface area contributed by atoms with Gasteiger partial charge in [-0.3, -0.25) is 4.99 Å². The minimum absolute atomic E-state index is 0.139. The Hall–Kier alpha value is -2.47. The van der Waals surface area contributed by atoms with Crippen LogP contribution in [0, 0.1) is 18.6 Å². The molecule has 1 aliphatic rings. The van der Waals surface area contributed by atoms with Crippen LogP contribution < -0.4 is 10.6 Å². The Morgan fingerprint density at radius 1 is 1.07 bits per heavy atom. The molecular formula is C22H27F2N3O. The average molecular weight is 387 g/mol. The molecular weight excluding hydrogens is 360 g/mol. The topological polar surface area (TPSA) is 45.7 Å². The summed E-state index contributed by atoms with van der Waals surface area (Å²) in [6.45, 7) is 4.23. The second-order valence-electron chi connectivity index (χ2n) is 7.26. The Morgan fingerprint density at radius 2 is 1.79 bits per heavy atom. The Balaban J connectivity index is 1.65. The van der Waals surface area contributed by atoms with Crippen LogP contribution in [0.25, 0.3) is 0 Å². The molecule has 0 aromatic heterocycles. The highest BCUT2D eigenvalue weighted by molar-refractivity contribution is 5.79. The second kappa shape index (κ2) is 9.15. The van der Waals surface area contributed by atoms with E-state index in [0.29, 0.717) is 37.8 Å². The molecule has 1 saturated heterocycles. The first-order chi connectivity index (χ1) is 13.5. The lowest BCUT2D eigenvalue weighted by molar-refractivity contribution is 0.0513. The van der Waals surface area contributed by atoms with Crippen LogP contribution in [0.5, 0.6) is 0 Å². The molecule has 2 N–H and O–H groups in total. The normalized spacial score (nSPS) is 16.6. The summed E-state index contributed by atoms with van der Waals surface area (Å²) >= 11 is 0. The third-order valence-electron chi connectivity index (χ3n) is 5.42. The van der Waals surface area contributed by atoms with Crippen molar-refractivity contribution in [3.05, 3.63) is 70.8 Å². The van der Waals surface area contributed by atoms with Gasteiger partial charge in [0.25, 0.3) is 0 Å². The zero-order valence-electron chi connectivity index (χ0n) is 16.4. The Labute approximate surface area is 165 Å². The maximum atomic E-state index is 13.7. The van der Waals surface area contributed by atoms with Gasteiger partial charge in [0.05, 0.1) is 0 Å². The lowest BCUT2D eigenvalue weighted by Gasteiger charge is -2.38. The summed E-state index contributed by atoms with van der Waals surface area (Å²) in [6.07, 6.45) is 1.71. The number of hydrogen-bond donors (Lipinski definition) is 2. The second-order valence-corrected chi connectivity index (χ2v) is 7.26. The molecule has 0 bridgehead atoms. The summed E-state index contributed by atoms with van der Waals surface area (Å²) in [4.78, 5) is 4.28. The summed E-state index contributed by atoms with van der Waals surface area (Å²) < 4.78 is 32.6. The van der Waals surface area contributed by atoms with Crippen molar-refractivity contribution >= 4 is 5.96 Å². The van der Waals surface area contributed by atoms with E-state index in [4.69, 9.17) is 4.74 Å². The lowest BCUT2D eigenvalue weighted by atomic mass is 9.74. The summed E-state index contributed by atoms with van der Waals surface area (Å²) in [5.74, 6) is 0.204. The molecule has 0 saturated carbocycles. The molecule has 150 valence electrons. The van der Waals surface area contributed by atoms with Crippen LogP contribution in [0.2, 0.25) is 0 Å². The minimum Gasteiger partial charge on any atom is -0.381 e. The van der Waals surface area contributed by atoms with E-state index < -0.39 is 0 Å². The molecule has 2 aromatic rings. The molecule has 0 unspecified atom stereocenters. The predicted molar refractivity (Wildman–Crippen MR) is 107 cm³/mol. The van der Waals surface area contributed by atoms with E-state index in [1.54, 1.807) is 20.0 Å². The van der Waals surface area contributed by atoms with Crippen molar-refractivity contribution in [1.82, 2.24) is 10.6 Å². The third kappa shape index (κ3) is 4.87. The van der Waals surface area contributed by atoms with Gasteiger partial charge in [0.1, 0.15) is 11.6 Å². The molecule has 0 radical (unpaired) electrons. The molecule has 28 heavy (non-hydrogen) atoms. The van der Waals surface area contributed by atoms with Gasteiger partial charge in [0.15, 0.2) is 5.96 Å². The number of aliphatic imine (C=N–C) groups is 1. The van der Waals surface area contributed by atoms with Crippen molar-refractivity contribution in [3.63, 3.8) is 0 Å². The van der Waals surface area contributed by atoms with Crippen LogP contribution in [0.3, 0.4) is 0 Å². The molecule has 4 nitrogen and oxygen atoms in total. The van der Waals surface area contributed by atoms with Crippen molar-refractivity contribution in [2.45, 2.75) is 31.7 Å². The van der Waals surface area contributed by atoms with Gasteiger partial charge in [-0.05, 0) is 54.7 Å². The van der Waals surface area contributed by atoms with Gasteiger partial charge in [0, 0.05) is 38.8 Å². The van der Waals surface area contributed by atoms with Gasteiger partial charge < -0.3 is 15.4 Å². The molecule has 6 heteroatoms. The molecule has 1 fully saturated rings. The van der Waals surface area contributed by atoms with Crippen molar-refractivity contribution < 1.29 is 13.5 Å². The fourth-order valence-corrected chi connectivity index (χ4v) is 3.54. The maximum Gasteiger partial charge on any atom is 0.191 e. The molecule has 0 atom stereocenters. The Bertz CT molecular complexity index is 815. The highest BCUT2D eigenvalue weighted by atomic mass is 19.1. The van der Waals surface area contributed by atoms with Crippen LogP contribution in [0.1, 0.15) is 29.5 Å². The van der Waals surface area contributed by atoms with E-state index in [9.17, 15) is 8.78 Å². The fourth-order valence-electron chi connectivity index (χ4n) is 3.54. The average Bonchev–Trinajstić information content (AvgIpc) is 2.72. The van der Waals surface area contributed by atoms with E-state index in [0.717, 1.165) is 24.0 Å². The molecule has 0 aliphatic carbocycles. The predicted octanol–water partition coefficient (Wildman–Crippen LogP) is 3.69. The van der Waals surface area contributed by atoms with Gasteiger partial charge in [-0.2, -0.15) is 0 Å². The van der Waals surface area contributed by atoms with E-state index in [1.807, 2.05) is 18.2 Å². The number of halogens is 2. The number of guanidine groups is 1. The number of nitrogens with one attached hydrogen (secondary N) is 2. The van der Waals surface area contributed by atoms with Gasteiger partial charge in [0.2, 0.25) is 0 Å². The van der Waals surface area contributed by atoms with Crippen molar-refractivity contribution in [2.75, 3.05) is 26.8 Å². The molecule has 1 heterocycles. The number of benzene rings is 2. The number of hydrogen-bond acceptors (Lipinski definition) is 2. The van der Waals surface area contributed by atoms with Crippen LogP contribution in [0.15, 0.2) is 47.5 Å². The molecule has 0 spiro atoms. The van der Waals surface area contributed by atoms with Crippen LogP contribution >= 0.6 is 0 Å². The van der Waals surface area contributed by atoms with E-state index in [2.05, 4.69) is 15.6 Å². The summed E-state index contributed by atoms with van der Waals surface area (Å²) in [7, 11) is 1.71. The van der Waals surface area contributed by atoms with Gasteiger partial charge in [-0.15, -0.1) is 0 Å². The zero-order valence-corrected chi connectivity index (χ0v) is 16.4. The third-order valence-corrected chi connectivity index (χ3v) is 5.42. The molecule has 2 aromatic carbocycles. The van der Waals surface area contributed by atoms with Gasteiger partial charge in [-0.1, -0.05) is 24.3 Å². The van der Waals surface area contributed by atoms with Crippen LogP contribution in [-0.2, 0) is 16.7 Å². The van der Waals surface area contributed by atoms with Gasteiger partial charge >= 0.3 is 0 Å². The largest absolute Gasteiger partial charge is 0.381 e. The summed E-state index contributed by atoms with van der Waals surface area (Å²) in [5, 5.41) is 6.62. The zero-order chi connectivity index (χ0) is 20.0. The van der Waals surface area contributed by atoms with E-state index >= 15 is 0 Å². The van der Waals surface area contributed by atoms with Crippen molar-refractivity contribution in [2.24, 2.45) is 4.99 Å². The standard InChI is InChI=1S/C22H27F2N3O/c1-16-3-4-17(13-20(16)24)14-26-21(25-2)27-15-22(9-11-28-12-10-22)18-5-7-19(23)8-6-18/h3-8,13H,9-12,14-15H2,1-2H3,(H2,25,26,27). The van der Waals surface area contributed by atoms with Crippen LogP contribution in [-0.4, -0.2) is 32.8 Å². The first kappa shape index (κ1) is 20.3.